The van der Waals surface area contributed by atoms with E-state index in [1.165, 1.54) is 0 Å². The molecule has 28 heavy (non-hydrogen) atoms. The molecule has 0 saturated heterocycles. The zero-order chi connectivity index (χ0) is 20.1. The van der Waals surface area contributed by atoms with E-state index in [1.807, 2.05) is 26.0 Å². The Hall–Kier alpha value is -2.84. The van der Waals surface area contributed by atoms with Crippen molar-refractivity contribution in [1.82, 2.24) is 25.3 Å². The number of nitrogens with zero attached hydrogens (tertiary/aromatic N) is 3. The molecule has 2 heterocycles. The van der Waals surface area contributed by atoms with Crippen molar-refractivity contribution in [3.63, 3.8) is 0 Å². The van der Waals surface area contributed by atoms with Crippen molar-refractivity contribution in [3.05, 3.63) is 29.7 Å². The van der Waals surface area contributed by atoms with Crippen LogP contribution in [0, 0.1) is 0 Å². The highest BCUT2D eigenvalue weighted by Crippen LogP contribution is 2.34. The second-order valence-electron chi connectivity index (χ2n) is 7.36. The van der Waals surface area contributed by atoms with Crippen molar-refractivity contribution in [2.75, 3.05) is 5.32 Å². The number of H-pyrrole nitrogens is 1. The Kier molecular flexibility index (Phi) is 6.33. The minimum atomic E-state index is -0.354. The van der Waals surface area contributed by atoms with Crippen LogP contribution >= 0.6 is 0 Å². The van der Waals surface area contributed by atoms with Crippen molar-refractivity contribution in [2.24, 2.45) is 7.05 Å². The molecule has 0 spiro atoms. The zero-order valence-electron chi connectivity index (χ0n) is 16.6. The molecular weight excluding hydrogens is 360 g/mol. The molecule has 9 nitrogen and oxygen atoms in total. The minimum Gasteiger partial charge on any atom is -0.447 e. The van der Waals surface area contributed by atoms with Gasteiger partial charge in [0.05, 0.1) is 6.42 Å². The fourth-order valence-corrected chi connectivity index (χ4v) is 3.40. The molecule has 152 valence electrons. The molecule has 0 aromatic carbocycles. The molecule has 3 atom stereocenters. The number of rotatable bonds is 7. The molecular formula is C19H28N6O3. The molecule has 2 amide bonds. The van der Waals surface area contributed by atoms with Gasteiger partial charge in [0.25, 0.3) is 0 Å². The summed E-state index contributed by atoms with van der Waals surface area (Å²) in [5, 5.41) is 17.0. The number of nitrogens with one attached hydrogen (secondary N) is 3. The van der Waals surface area contributed by atoms with Gasteiger partial charge >= 0.3 is 6.09 Å². The molecule has 2 aromatic heterocycles. The maximum atomic E-state index is 12.2. The summed E-state index contributed by atoms with van der Waals surface area (Å²) >= 11 is 0. The van der Waals surface area contributed by atoms with Crippen LogP contribution in [0.1, 0.15) is 56.8 Å². The summed E-state index contributed by atoms with van der Waals surface area (Å²) in [6.45, 7) is 3.86. The molecule has 9 heteroatoms. The third-order valence-corrected chi connectivity index (χ3v) is 5.21. The van der Waals surface area contributed by atoms with Crippen LogP contribution in [-0.4, -0.2) is 44.1 Å². The van der Waals surface area contributed by atoms with Gasteiger partial charge in [-0.25, -0.2) is 4.79 Å². The summed E-state index contributed by atoms with van der Waals surface area (Å²) in [6, 6.07) is 3.77. The lowest BCUT2D eigenvalue weighted by Gasteiger charge is -2.16. The zero-order valence-corrected chi connectivity index (χ0v) is 16.6. The third-order valence-electron chi connectivity index (χ3n) is 5.21. The summed E-state index contributed by atoms with van der Waals surface area (Å²) in [6.07, 6.45) is 4.92. The number of hydrogen-bond acceptors (Lipinski definition) is 5. The second kappa shape index (κ2) is 8.90. The van der Waals surface area contributed by atoms with Gasteiger partial charge in [0.15, 0.2) is 5.82 Å². The first-order valence-corrected chi connectivity index (χ1v) is 9.73. The smallest absolute Gasteiger partial charge is 0.407 e. The van der Waals surface area contributed by atoms with Crippen LogP contribution in [-0.2, 0) is 23.0 Å². The Morgan fingerprint density at radius 1 is 1.43 bits per heavy atom. The Morgan fingerprint density at radius 3 is 2.96 bits per heavy atom. The SMILES string of the molecule is CCC(C)OC(=O)NC1CCC(c2cc(NC(=O)Cc3ccnn3C)n[nH]2)C1. The minimum absolute atomic E-state index is 0.0812. The molecule has 0 aliphatic heterocycles. The van der Waals surface area contributed by atoms with E-state index in [0.717, 1.165) is 37.1 Å². The van der Waals surface area contributed by atoms with Gasteiger partial charge in [-0.2, -0.15) is 10.2 Å². The number of aromatic amines is 1. The number of alkyl carbamates (subject to hydrolysis) is 1. The van der Waals surface area contributed by atoms with Crippen LogP contribution in [0.15, 0.2) is 18.3 Å². The molecule has 2 aromatic rings. The number of amides is 2. The van der Waals surface area contributed by atoms with E-state index in [0.29, 0.717) is 5.82 Å². The Bertz CT molecular complexity index is 814. The first-order chi connectivity index (χ1) is 13.4. The van der Waals surface area contributed by atoms with E-state index in [-0.39, 0.29) is 36.5 Å². The first kappa shape index (κ1) is 19.9. The van der Waals surface area contributed by atoms with Gasteiger partial charge in [-0.15, -0.1) is 0 Å². The van der Waals surface area contributed by atoms with Crippen LogP contribution in [0.4, 0.5) is 10.6 Å². The van der Waals surface area contributed by atoms with E-state index in [2.05, 4.69) is 25.9 Å². The van der Waals surface area contributed by atoms with Crippen molar-refractivity contribution in [3.8, 4) is 0 Å². The van der Waals surface area contributed by atoms with E-state index in [4.69, 9.17) is 4.74 Å². The number of carbonyl (C=O) groups excluding carboxylic acids is 2. The number of hydrogen-bond donors (Lipinski definition) is 3. The van der Waals surface area contributed by atoms with Gasteiger partial charge in [-0.3, -0.25) is 14.6 Å². The highest BCUT2D eigenvalue weighted by molar-refractivity contribution is 5.91. The van der Waals surface area contributed by atoms with Gasteiger partial charge in [0, 0.05) is 42.7 Å². The summed E-state index contributed by atoms with van der Waals surface area (Å²) in [7, 11) is 1.80. The predicted octanol–water partition coefficient (Wildman–Crippen LogP) is 2.49. The van der Waals surface area contributed by atoms with Crippen molar-refractivity contribution < 1.29 is 14.3 Å². The van der Waals surface area contributed by atoms with Crippen LogP contribution in [0.2, 0.25) is 0 Å². The quantitative estimate of drug-likeness (QED) is 0.674. The summed E-state index contributed by atoms with van der Waals surface area (Å²) in [5.41, 5.74) is 1.80. The lowest BCUT2D eigenvalue weighted by Crippen LogP contribution is -2.35. The lowest BCUT2D eigenvalue weighted by molar-refractivity contribution is -0.115. The summed E-state index contributed by atoms with van der Waals surface area (Å²) in [5.74, 6) is 0.638. The van der Waals surface area contributed by atoms with Crippen LogP contribution in [0.3, 0.4) is 0 Å². The Labute approximate surface area is 164 Å². The average molecular weight is 388 g/mol. The first-order valence-electron chi connectivity index (χ1n) is 9.73. The summed E-state index contributed by atoms with van der Waals surface area (Å²) in [4.78, 5) is 24.1. The fourth-order valence-electron chi connectivity index (χ4n) is 3.40. The number of carbonyl (C=O) groups is 2. The fraction of sp³-hybridized carbons (Fsp3) is 0.579. The Balaban J connectivity index is 1.48. The van der Waals surface area contributed by atoms with Gasteiger partial charge in [-0.1, -0.05) is 6.92 Å². The van der Waals surface area contributed by atoms with E-state index < -0.39 is 0 Å². The molecule has 3 rings (SSSR count). The molecule has 1 saturated carbocycles. The largest absolute Gasteiger partial charge is 0.447 e. The van der Waals surface area contributed by atoms with E-state index in [9.17, 15) is 9.59 Å². The van der Waals surface area contributed by atoms with Crippen LogP contribution < -0.4 is 10.6 Å². The molecule has 1 aliphatic carbocycles. The highest BCUT2D eigenvalue weighted by atomic mass is 16.6. The van der Waals surface area contributed by atoms with Gasteiger partial charge in [-0.05, 0) is 38.7 Å². The van der Waals surface area contributed by atoms with Crippen LogP contribution in [0.25, 0.3) is 0 Å². The van der Waals surface area contributed by atoms with E-state index >= 15 is 0 Å². The standard InChI is InChI=1S/C19H28N6O3/c1-4-12(2)28-19(27)21-14-6-5-13(9-14)16-11-17(24-23-16)22-18(26)10-15-7-8-20-25(15)3/h7-8,11-14H,4-6,9-10H2,1-3H3,(H,21,27)(H2,22,23,24,26). The van der Waals surface area contributed by atoms with E-state index in [1.54, 1.807) is 17.9 Å². The molecule has 1 aliphatic rings. The predicted molar refractivity (Wildman–Crippen MR) is 104 cm³/mol. The van der Waals surface area contributed by atoms with Crippen molar-refractivity contribution in [1.29, 1.82) is 0 Å². The van der Waals surface area contributed by atoms with Gasteiger partial charge < -0.3 is 15.4 Å². The normalized spacial score (nSPS) is 20.0. The average Bonchev–Trinajstić information content (AvgIpc) is 3.37. The van der Waals surface area contributed by atoms with Crippen molar-refractivity contribution in [2.45, 2.75) is 64.0 Å². The van der Waals surface area contributed by atoms with Gasteiger partial charge in [0.2, 0.25) is 5.91 Å². The number of aromatic nitrogens is 4. The number of aryl methyl sites for hydroxylation is 1. The van der Waals surface area contributed by atoms with Crippen molar-refractivity contribution >= 4 is 17.8 Å². The monoisotopic (exact) mass is 388 g/mol. The molecule has 3 N–H and O–H groups in total. The van der Waals surface area contributed by atoms with Gasteiger partial charge in [0.1, 0.15) is 6.10 Å². The Morgan fingerprint density at radius 2 is 2.25 bits per heavy atom. The maximum Gasteiger partial charge on any atom is 0.407 e. The molecule has 0 radical (unpaired) electrons. The number of ether oxygens (including phenoxy) is 1. The molecule has 0 bridgehead atoms. The maximum absolute atomic E-state index is 12.2. The molecule has 1 fully saturated rings. The summed E-state index contributed by atoms with van der Waals surface area (Å²) < 4.78 is 6.95. The topological polar surface area (TPSA) is 114 Å². The third kappa shape index (κ3) is 5.11. The second-order valence-corrected chi connectivity index (χ2v) is 7.36. The highest BCUT2D eigenvalue weighted by Gasteiger charge is 2.29. The van der Waals surface area contributed by atoms with Crippen LogP contribution in [0.5, 0.6) is 0 Å². The number of anilines is 1. The molecule has 3 unspecified atom stereocenters. The lowest BCUT2D eigenvalue weighted by atomic mass is 10.0.